The van der Waals surface area contributed by atoms with Crippen molar-refractivity contribution in [2.45, 2.75) is 19.8 Å². The number of aryl methyl sites for hydroxylation is 1. The molecular weight excluding hydrogens is 503 g/mol. The molecule has 36 heavy (non-hydrogen) atoms. The summed E-state index contributed by atoms with van der Waals surface area (Å²) in [5, 5.41) is 2.91. The molecule has 0 unspecified atom stereocenters. The van der Waals surface area contributed by atoms with Crippen LogP contribution < -0.4 is 19.7 Å². The van der Waals surface area contributed by atoms with Crippen molar-refractivity contribution in [2.24, 2.45) is 0 Å². The standard InChI is InChI=1S/C27H22Cl2N2O5/c1-3-4-16-5-12-20(13-6-16)36-27(34)17-7-10-19(11-8-17)30-24-23(29)25(32)31(26(24)33)21-15-18(28)9-14-22(21)35-2/h5-15,30H,3-4H2,1-2H3. The Kier molecular flexibility index (Phi) is 7.62. The second-order valence-electron chi connectivity index (χ2n) is 7.94. The number of benzene rings is 3. The third-order valence-electron chi connectivity index (χ3n) is 5.47. The van der Waals surface area contributed by atoms with E-state index in [4.69, 9.17) is 32.7 Å². The number of anilines is 2. The normalized spacial score (nSPS) is 13.3. The van der Waals surface area contributed by atoms with Crippen LogP contribution in [0.15, 0.2) is 77.5 Å². The van der Waals surface area contributed by atoms with Gasteiger partial charge in [0, 0.05) is 10.7 Å². The van der Waals surface area contributed by atoms with Crippen LogP contribution in [0.2, 0.25) is 5.02 Å². The van der Waals surface area contributed by atoms with Gasteiger partial charge in [0.25, 0.3) is 11.8 Å². The zero-order chi connectivity index (χ0) is 25.8. The van der Waals surface area contributed by atoms with Crippen molar-refractivity contribution in [1.29, 1.82) is 0 Å². The van der Waals surface area contributed by atoms with Gasteiger partial charge in [-0.15, -0.1) is 0 Å². The van der Waals surface area contributed by atoms with Crippen LogP contribution in [0, 0.1) is 0 Å². The van der Waals surface area contributed by atoms with E-state index in [1.807, 2.05) is 12.1 Å². The van der Waals surface area contributed by atoms with Crippen LogP contribution in [0.5, 0.6) is 11.5 Å². The molecule has 1 N–H and O–H groups in total. The largest absolute Gasteiger partial charge is 0.495 e. The molecule has 9 heteroatoms. The molecule has 0 bridgehead atoms. The average molecular weight is 525 g/mol. The maximum atomic E-state index is 13.1. The fraction of sp³-hybridized carbons (Fsp3) is 0.148. The number of hydrogen-bond acceptors (Lipinski definition) is 6. The number of nitrogens with one attached hydrogen (secondary N) is 1. The molecule has 0 aromatic heterocycles. The summed E-state index contributed by atoms with van der Waals surface area (Å²) in [5.74, 6) is -1.16. The smallest absolute Gasteiger partial charge is 0.343 e. The lowest BCUT2D eigenvalue weighted by molar-refractivity contribution is -0.120. The average Bonchev–Trinajstić information content (AvgIpc) is 3.08. The van der Waals surface area contributed by atoms with Gasteiger partial charge < -0.3 is 14.8 Å². The highest BCUT2D eigenvalue weighted by Gasteiger charge is 2.40. The first kappa shape index (κ1) is 25.3. The van der Waals surface area contributed by atoms with Gasteiger partial charge in [0.15, 0.2) is 0 Å². The van der Waals surface area contributed by atoms with Crippen LogP contribution in [-0.2, 0) is 16.0 Å². The number of esters is 1. The van der Waals surface area contributed by atoms with Gasteiger partial charge in [-0.05, 0) is 66.6 Å². The van der Waals surface area contributed by atoms with Crippen molar-refractivity contribution in [2.75, 3.05) is 17.3 Å². The SMILES string of the molecule is CCCc1ccc(OC(=O)c2ccc(NC3=C(Cl)C(=O)N(c4cc(Cl)ccc4OC)C3=O)cc2)cc1. The Hall–Kier alpha value is -3.81. The number of hydrogen-bond donors (Lipinski definition) is 1. The first-order chi connectivity index (χ1) is 17.3. The number of rotatable bonds is 8. The van der Waals surface area contributed by atoms with Crippen molar-refractivity contribution >= 4 is 52.4 Å². The Bertz CT molecular complexity index is 1350. The molecule has 4 rings (SSSR count). The minimum atomic E-state index is -0.713. The number of methoxy groups -OCH3 is 1. The van der Waals surface area contributed by atoms with Crippen LogP contribution >= 0.6 is 23.2 Å². The predicted octanol–water partition coefficient (Wildman–Crippen LogP) is 5.96. The van der Waals surface area contributed by atoms with Crippen LogP contribution in [-0.4, -0.2) is 24.9 Å². The summed E-state index contributed by atoms with van der Waals surface area (Å²) in [4.78, 5) is 39.3. The Morgan fingerprint density at radius 2 is 1.64 bits per heavy atom. The van der Waals surface area contributed by atoms with E-state index in [-0.39, 0.29) is 22.2 Å². The molecule has 1 aliphatic rings. The van der Waals surface area contributed by atoms with E-state index in [2.05, 4.69) is 12.2 Å². The van der Waals surface area contributed by atoms with Gasteiger partial charge in [0.1, 0.15) is 22.2 Å². The molecule has 7 nitrogen and oxygen atoms in total. The second kappa shape index (κ2) is 10.8. The lowest BCUT2D eigenvalue weighted by Crippen LogP contribution is -2.32. The van der Waals surface area contributed by atoms with Gasteiger partial charge in [-0.1, -0.05) is 48.7 Å². The van der Waals surface area contributed by atoms with E-state index in [0.717, 1.165) is 17.7 Å². The number of carbonyl (C=O) groups excluding carboxylic acids is 3. The minimum absolute atomic E-state index is 0.105. The first-order valence-corrected chi connectivity index (χ1v) is 11.9. The van der Waals surface area contributed by atoms with E-state index in [9.17, 15) is 14.4 Å². The molecular formula is C27H22Cl2N2O5. The Morgan fingerprint density at radius 3 is 2.28 bits per heavy atom. The quantitative estimate of drug-likeness (QED) is 0.222. The van der Waals surface area contributed by atoms with Crippen molar-refractivity contribution in [3.05, 3.63) is 93.6 Å². The fourth-order valence-electron chi connectivity index (χ4n) is 3.68. The molecule has 0 radical (unpaired) electrons. The topological polar surface area (TPSA) is 84.9 Å². The maximum Gasteiger partial charge on any atom is 0.343 e. The van der Waals surface area contributed by atoms with Gasteiger partial charge in [-0.2, -0.15) is 0 Å². The summed E-state index contributed by atoms with van der Waals surface area (Å²) in [7, 11) is 1.42. The van der Waals surface area contributed by atoms with Gasteiger partial charge in [-0.3, -0.25) is 9.59 Å². The van der Waals surface area contributed by atoms with Crippen LogP contribution in [0.1, 0.15) is 29.3 Å². The summed E-state index contributed by atoms with van der Waals surface area (Å²) in [6.45, 7) is 2.10. The van der Waals surface area contributed by atoms with E-state index in [1.165, 1.54) is 18.7 Å². The predicted molar refractivity (Wildman–Crippen MR) is 139 cm³/mol. The van der Waals surface area contributed by atoms with Crippen molar-refractivity contribution in [1.82, 2.24) is 0 Å². The molecule has 0 saturated heterocycles. The Balaban J connectivity index is 1.47. The van der Waals surface area contributed by atoms with Crippen LogP contribution in [0.3, 0.4) is 0 Å². The van der Waals surface area contributed by atoms with Crippen LogP contribution in [0.25, 0.3) is 0 Å². The Labute approximate surface area is 218 Å². The van der Waals surface area contributed by atoms with Crippen molar-refractivity contribution < 1.29 is 23.9 Å². The van der Waals surface area contributed by atoms with E-state index >= 15 is 0 Å². The molecule has 3 aromatic rings. The van der Waals surface area contributed by atoms with Gasteiger partial charge in [0.2, 0.25) is 0 Å². The molecule has 0 atom stereocenters. The molecule has 1 aliphatic heterocycles. The van der Waals surface area contributed by atoms with Gasteiger partial charge >= 0.3 is 5.97 Å². The zero-order valence-electron chi connectivity index (χ0n) is 19.5. The first-order valence-electron chi connectivity index (χ1n) is 11.1. The lowest BCUT2D eigenvalue weighted by Gasteiger charge is -2.18. The monoisotopic (exact) mass is 524 g/mol. The van der Waals surface area contributed by atoms with Crippen LogP contribution in [0.4, 0.5) is 11.4 Å². The second-order valence-corrected chi connectivity index (χ2v) is 8.75. The number of carbonyl (C=O) groups is 3. The number of nitrogens with zero attached hydrogens (tertiary/aromatic N) is 1. The number of ether oxygens (including phenoxy) is 2. The summed E-state index contributed by atoms with van der Waals surface area (Å²) in [6, 6.07) is 18.2. The van der Waals surface area contributed by atoms with Gasteiger partial charge in [0.05, 0.1) is 18.4 Å². The van der Waals surface area contributed by atoms with E-state index in [1.54, 1.807) is 48.5 Å². The van der Waals surface area contributed by atoms with Gasteiger partial charge in [-0.25, -0.2) is 9.69 Å². The van der Waals surface area contributed by atoms with E-state index in [0.29, 0.717) is 22.0 Å². The molecule has 1 heterocycles. The third kappa shape index (κ3) is 5.22. The number of halogens is 2. The van der Waals surface area contributed by atoms with Crippen molar-refractivity contribution in [3.8, 4) is 11.5 Å². The highest BCUT2D eigenvalue weighted by molar-refractivity contribution is 6.53. The summed E-state index contributed by atoms with van der Waals surface area (Å²) in [6.07, 6.45) is 2.00. The molecule has 0 fully saturated rings. The van der Waals surface area contributed by atoms with E-state index < -0.39 is 17.8 Å². The molecule has 184 valence electrons. The Morgan fingerprint density at radius 1 is 0.944 bits per heavy atom. The molecule has 0 saturated carbocycles. The summed E-state index contributed by atoms with van der Waals surface area (Å²) in [5.41, 5.74) is 2.01. The zero-order valence-corrected chi connectivity index (χ0v) is 21.0. The maximum absolute atomic E-state index is 13.1. The minimum Gasteiger partial charge on any atom is -0.495 e. The molecule has 0 spiro atoms. The highest BCUT2D eigenvalue weighted by Crippen LogP contribution is 2.37. The fourth-order valence-corrected chi connectivity index (χ4v) is 4.06. The molecule has 2 amide bonds. The number of imide groups is 1. The highest BCUT2D eigenvalue weighted by atomic mass is 35.5. The number of amides is 2. The van der Waals surface area contributed by atoms with Crippen molar-refractivity contribution in [3.63, 3.8) is 0 Å². The third-order valence-corrected chi connectivity index (χ3v) is 6.06. The summed E-state index contributed by atoms with van der Waals surface area (Å²) >= 11 is 12.3. The molecule has 3 aromatic carbocycles. The molecule has 0 aliphatic carbocycles. The lowest BCUT2D eigenvalue weighted by atomic mass is 10.1. The summed E-state index contributed by atoms with van der Waals surface area (Å²) < 4.78 is 10.7.